The molecule has 0 spiro atoms. The van der Waals surface area contributed by atoms with Crippen molar-refractivity contribution < 1.29 is 28.7 Å². The molecule has 0 saturated carbocycles. The maximum Gasteiger partial charge on any atom is 0.325 e. The van der Waals surface area contributed by atoms with Gasteiger partial charge in [0, 0.05) is 43.4 Å². The highest BCUT2D eigenvalue weighted by molar-refractivity contribution is 5.94. The van der Waals surface area contributed by atoms with E-state index in [1.54, 1.807) is 21.0 Å². The van der Waals surface area contributed by atoms with Gasteiger partial charge in [-0.05, 0) is 63.6 Å². The number of fused-ring (bicyclic) bond motifs is 4. The molecule has 0 radical (unpaired) electrons. The molecule has 2 aromatic rings. The summed E-state index contributed by atoms with van der Waals surface area (Å²) in [7, 11) is 1.60. The van der Waals surface area contributed by atoms with Crippen LogP contribution in [0.2, 0.25) is 0 Å². The number of carbonyl (C=O) groups is 4. The number of nitrogens with zero attached hydrogens (tertiary/aromatic N) is 2. The summed E-state index contributed by atoms with van der Waals surface area (Å²) in [6.07, 6.45) is 4.74. The number of ketones is 1. The smallest absolute Gasteiger partial charge is 0.325 e. The molecule has 1 unspecified atom stereocenters. The Bertz CT molecular complexity index is 1390. The van der Waals surface area contributed by atoms with Gasteiger partial charge in [0.2, 0.25) is 5.91 Å². The van der Waals surface area contributed by atoms with Crippen molar-refractivity contribution in [3.05, 3.63) is 47.7 Å². The van der Waals surface area contributed by atoms with E-state index in [0.717, 1.165) is 16.5 Å². The molecule has 1 aromatic carbocycles. The number of nitrogens with one attached hydrogen (secondary N) is 2. The lowest BCUT2D eigenvalue weighted by Gasteiger charge is -2.35. The van der Waals surface area contributed by atoms with Gasteiger partial charge in [-0.25, -0.2) is 10.4 Å². The van der Waals surface area contributed by atoms with E-state index in [0.29, 0.717) is 38.1 Å². The lowest BCUT2D eigenvalue weighted by molar-refractivity contribution is -0.157. The number of cyclic esters (lactones) is 1. The quantitative estimate of drug-likeness (QED) is 0.508. The number of methoxy groups -OCH3 is 1. The zero-order valence-corrected chi connectivity index (χ0v) is 26.0. The first-order chi connectivity index (χ1) is 20.4. The zero-order valence-electron chi connectivity index (χ0n) is 26.0. The molecule has 10 nitrogen and oxygen atoms in total. The lowest BCUT2D eigenvalue weighted by atomic mass is 9.76. The second kappa shape index (κ2) is 13.8. The average molecular weight is 593 g/mol. The highest BCUT2D eigenvalue weighted by Crippen LogP contribution is 2.32. The van der Waals surface area contributed by atoms with Crippen LogP contribution in [0.5, 0.6) is 0 Å². The fourth-order valence-electron chi connectivity index (χ4n) is 5.50. The fourth-order valence-corrected chi connectivity index (χ4v) is 5.50. The molecular formula is C33H44N4O6. The fraction of sp³-hybridized carbons (Fsp3) is 0.545. The molecule has 43 heavy (non-hydrogen) atoms. The molecule has 1 aromatic heterocycles. The van der Waals surface area contributed by atoms with Crippen LogP contribution in [0.1, 0.15) is 77.7 Å². The number of aromatic nitrogens is 1. The van der Waals surface area contributed by atoms with Crippen LogP contribution >= 0.6 is 0 Å². The first-order valence-electron chi connectivity index (χ1n) is 15.1. The van der Waals surface area contributed by atoms with Crippen LogP contribution < -0.4 is 10.7 Å². The number of rotatable bonds is 4. The molecule has 4 rings (SSSR count). The Labute approximate surface area is 253 Å². The van der Waals surface area contributed by atoms with E-state index in [2.05, 4.69) is 10.7 Å². The van der Waals surface area contributed by atoms with Crippen molar-refractivity contribution in [2.24, 2.45) is 17.3 Å². The maximum absolute atomic E-state index is 13.9. The third kappa shape index (κ3) is 7.67. The van der Waals surface area contributed by atoms with Gasteiger partial charge in [-0.3, -0.25) is 24.2 Å². The molecule has 3 heterocycles. The van der Waals surface area contributed by atoms with Crippen LogP contribution in [0.25, 0.3) is 17.0 Å². The monoisotopic (exact) mass is 592 g/mol. The molecular weight excluding hydrogens is 548 g/mol. The number of allylic oxidation sites excluding steroid dienone is 1. The SMILES string of the molecule is COCCC1(C)/C=C/c2ccc3ccc(nc3c2)[C@@H](C)OC(=O)[C@@H]2CCCN(N2)C(=O)[C@H](C)NC(=O)[C@H](C(C)C)CC1=O. The normalized spacial score (nSPS) is 28.6. The van der Waals surface area contributed by atoms with Gasteiger partial charge in [0.25, 0.3) is 5.91 Å². The summed E-state index contributed by atoms with van der Waals surface area (Å²) in [5, 5.41) is 5.13. The van der Waals surface area contributed by atoms with Gasteiger partial charge in [-0.1, -0.05) is 44.2 Å². The Hall–Kier alpha value is -3.63. The Morgan fingerprint density at radius 3 is 2.60 bits per heavy atom. The summed E-state index contributed by atoms with van der Waals surface area (Å²) in [4.78, 5) is 58.5. The van der Waals surface area contributed by atoms with Gasteiger partial charge in [-0.15, -0.1) is 0 Å². The lowest BCUT2D eigenvalue weighted by Crippen LogP contribution is -2.59. The number of benzene rings is 1. The molecule has 1 saturated heterocycles. The van der Waals surface area contributed by atoms with Crippen LogP contribution in [-0.2, 0) is 28.7 Å². The number of pyridine rings is 1. The Kier molecular flexibility index (Phi) is 10.3. The van der Waals surface area contributed by atoms with Gasteiger partial charge in [0.15, 0.2) is 0 Å². The molecule has 5 atom stereocenters. The summed E-state index contributed by atoms with van der Waals surface area (Å²) < 4.78 is 11.1. The summed E-state index contributed by atoms with van der Waals surface area (Å²) in [6, 6.07) is 8.07. The molecule has 2 N–H and O–H groups in total. The third-order valence-corrected chi connectivity index (χ3v) is 8.57. The second-order valence-electron chi connectivity index (χ2n) is 12.3. The molecule has 232 valence electrons. The number of hydrogen-bond donors (Lipinski definition) is 2. The van der Waals surface area contributed by atoms with Crippen molar-refractivity contribution in [1.29, 1.82) is 0 Å². The molecule has 0 aliphatic carbocycles. The van der Waals surface area contributed by atoms with Crippen LogP contribution in [-0.4, -0.2) is 65.9 Å². The largest absolute Gasteiger partial charge is 0.455 e. The molecule has 10 heteroatoms. The summed E-state index contributed by atoms with van der Waals surface area (Å²) in [5.41, 5.74) is 4.31. The van der Waals surface area contributed by atoms with Crippen LogP contribution in [0.15, 0.2) is 36.4 Å². The number of amides is 2. The zero-order chi connectivity index (χ0) is 31.3. The number of carbonyl (C=O) groups excluding carboxylic acids is 4. The van der Waals surface area contributed by atoms with Gasteiger partial charge in [-0.2, -0.15) is 0 Å². The third-order valence-electron chi connectivity index (χ3n) is 8.57. The van der Waals surface area contributed by atoms with E-state index < -0.39 is 35.5 Å². The number of Topliss-reactive ketones (excluding diaryl/α,β-unsaturated/α-hetero) is 1. The maximum atomic E-state index is 13.9. The van der Waals surface area contributed by atoms with Gasteiger partial charge >= 0.3 is 5.97 Å². The van der Waals surface area contributed by atoms with E-state index >= 15 is 0 Å². The molecule has 2 amide bonds. The van der Waals surface area contributed by atoms with Crippen molar-refractivity contribution in [3.8, 4) is 0 Å². The Morgan fingerprint density at radius 1 is 1.14 bits per heavy atom. The minimum absolute atomic E-state index is 0.0192. The molecule has 2 aliphatic rings. The van der Waals surface area contributed by atoms with E-state index in [9.17, 15) is 19.2 Å². The van der Waals surface area contributed by atoms with Crippen molar-refractivity contribution in [2.75, 3.05) is 20.3 Å². The van der Waals surface area contributed by atoms with E-state index in [1.807, 2.05) is 63.3 Å². The van der Waals surface area contributed by atoms with E-state index in [-0.39, 0.29) is 29.9 Å². The highest BCUT2D eigenvalue weighted by atomic mass is 16.5. The first kappa shape index (κ1) is 32.3. The van der Waals surface area contributed by atoms with Gasteiger partial charge < -0.3 is 14.8 Å². The Morgan fingerprint density at radius 2 is 1.88 bits per heavy atom. The number of hydrogen-bond acceptors (Lipinski definition) is 8. The highest BCUT2D eigenvalue weighted by Gasteiger charge is 2.37. The number of hydrazine groups is 1. The molecule has 2 aliphatic heterocycles. The van der Waals surface area contributed by atoms with Crippen molar-refractivity contribution in [3.63, 3.8) is 0 Å². The first-order valence-corrected chi connectivity index (χ1v) is 15.1. The predicted octanol–water partition coefficient (Wildman–Crippen LogP) is 4.14. The van der Waals surface area contributed by atoms with Gasteiger partial charge in [0.05, 0.1) is 11.2 Å². The predicted molar refractivity (Wildman–Crippen MR) is 163 cm³/mol. The van der Waals surface area contributed by atoms with Crippen LogP contribution in [0, 0.1) is 17.3 Å². The van der Waals surface area contributed by atoms with E-state index in [1.165, 1.54) is 5.01 Å². The van der Waals surface area contributed by atoms with Gasteiger partial charge in [0.1, 0.15) is 24.0 Å². The standard InChI is InChI=1S/C33H44N4O6/c1-20(2)25-19-29(38)33(5,15-17-42-6)14-13-23-9-10-24-11-12-26(35-28(24)18-23)22(4)43-32(41)27-8-7-16-37(36-27)31(40)21(3)34-30(25)39/h9-14,18,20-22,25,27,36H,7-8,15-17,19H2,1-6H3,(H,34,39)/b14-13+/t21-,22+,25-,27-,33?/m0/s1. The average Bonchev–Trinajstić information content (AvgIpc) is 2.99. The van der Waals surface area contributed by atoms with Crippen LogP contribution in [0.3, 0.4) is 0 Å². The minimum atomic E-state index is -0.886. The number of ether oxygens (including phenoxy) is 2. The van der Waals surface area contributed by atoms with Crippen molar-refractivity contribution in [2.45, 2.75) is 78.5 Å². The summed E-state index contributed by atoms with van der Waals surface area (Å²) in [6.45, 7) is 9.81. The Balaban J connectivity index is 1.74. The van der Waals surface area contributed by atoms with Crippen molar-refractivity contribution in [1.82, 2.24) is 20.7 Å². The summed E-state index contributed by atoms with van der Waals surface area (Å²) >= 11 is 0. The van der Waals surface area contributed by atoms with Crippen LogP contribution in [0.4, 0.5) is 0 Å². The summed E-state index contributed by atoms with van der Waals surface area (Å²) in [5.74, 6) is -2.04. The minimum Gasteiger partial charge on any atom is -0.455 e. The topological polar surface area (TPSA) is 127 Å². The van der Waals surface area contributed by atoms with E-state index in [4.69, 9.17) is 14.5 Å². The second-order valence-corrected chi connectivity index (χ2v) is 12.3. The molecule has 1 fully saturated rings. The number of esters is 1. The molecule has 5 bridgehead atoms. The van der Waals surface area contributed by atoms with Crippen molar-refractivity contribution >= 4 is 40.5 Å².